The maximum Gasteiger partial charge on any atom is 0.156 e. The van der Waals surface area contributed by atoms with E-state index in [0.717, 1.165) is 17.9 Å². The second-order valence-corrected chi connectivity index (χ2v) is 5.72. The number of hydrogen-bond donors (Lipinski definition) is 1. The molecule has 100 valence electrons. The molecular formula is C12H18ClN3OS. The van der Waals surface area contributed by atoms with Gasteiger partial charge in [-0.1, -0.05) is 18.5 Å². The molecule has 0 aliphatic carbocycles. The van der Waals surface area contributed by atoms with Crippen LogP contribution in [0.1, 0.15) is 36.5 Å². The molecule has 0 bridgehead atoms. The van der Waals surface area contributed by atoms with Crippen LogP contribution in [0.4, 0.5) is 5.82 Å². The summed E-state index contributed by atoms with van der Waals surface area (Å²) in [6, 6.07) is 0.244. The number of carbonyl (C=O) groups is 1. The Morgan fingerprint density at radius 3 is 2.83 bits per heavy atom. The molecular weight excluding hydrogens is 270 g/mol. The van der Waals surface area contributed by atoms with Gasteiger partial charge in [0.1, 0.15) is 16.8 Å². The predicted molar refractivity (Wildman–Crippen MR) is 77.9 cm³/mol. The van der Waals surface area contributed by atoms with Crippen molar-refractivity contribution < 1.29 is 4.79 Å². The van der Waals surface area contributed by atoms with E-state index in [0.29, 0.717) is 23.5 Å². The summed E-state index contributed by atoms with van der Waals surface area (Å²) in [6.07, 6.45) is 1.70. The summed E-state index contributed by atoms with van der Waals surface area (Å²) in [5, 5.41) is 3.43. The topological polar surface area (TPSA) is 54.9 Å². The zero-order valence-corrected chi connectivity index (χ0v) is 12.4. The minimum Gasteiger partial charge on any atom is -0.367 e. The van der Waals surface area contributed by atoms with Crippen LogP contribution in [0.3, 0.4) is 0 Å². The Morgan fingerprint density at radius 2 is 2.22 bits per heavy atom. The lowest BCUT2D eigenvalue weighted by molar-refractivity contribution is 0.112. The maximum atomic E-state index is 11.0. The zero-order valence-electron chi connectivity index (χ0n) is 10.9. The van der Waals surface area contributed by atoms with E-state index in [9.17, 15) is 4.79 Å². The van der Waals surface area contributed by atoms with Crippen LogP contribution in [0.15, 0.2) is 0 Å². The van der Waals surface area contributed by atoms with Crippen molar-refractivity contribution in [2.75, 3.05) is 16.8 Å². The number of aryl methyl sites for hydroxylation is 1. The number of aldehydes is 1. The van der Waals surface area contributed by atoms with E-state index in [2.05, 4.69) is 29.1 Å². The van der Waals surface area contributed by atoms with Gasteiger partial charge in [-0.15, -0.1) is 0 Å². The number of aromatic nitrogens is 2. The van der Waals surface area contributed by atoms with Gasteiger partial charge in [0.15, 0.2) is 6.29 Å². The van der Waals surface area contributed by atoms with E-state index in [1.807, 2.05) is 11.8 Å². The molecule has 0 aromatic carbocycles. The summed E-state index contributed by atoms with van der Waals surface area (Å²) in [4.78, 5) is 19.2. The molecule has 0 fully saturated rings. The fourth-order valence-electron chi connectivity index (χ4n) is 1.47. The zero-order chi connectivity index (χ0) is 13.5. The molecule has 0 saturated heterocycles. The monoisotopic (exact) mass is 287 g/mol. The lowest BCUT2D eigenvalue weighted by Gasteiger charge is -2.16. The molecule has 0 aliphatic rings. The largest absolute Gasteiger partial charge is 0.367 e. The molecule has 0 radical (unpaired) electrons. The number of anilines is 1. The number of halogens is 1. The van der Waals surface area contributed by atoms with Gasteiger partial charge in [0.05, 0.1) is 5.56 Å². The number of hydrogen-bond acceptors (Lipinski definition) is 5. The van der Waals surface area contributed by atoms with Crippen LogP contribution in [-0.4, -0.2) is 33.8 Å². The highest BCUT2D eigenvalue weighted by molar-refractivity contribution is 7.99. The standard InChI is InChI=1S/C12H18ClN3OS/c1-4-18-6-5-8(2)14-12-10(7-17)11(13)15-9(3)16-12/h7-8H,4-6H2,1-3H3,(H,14,15,16). The average Bonchev–Trinajstić information content (AvgIpc) is 2.28. The number of nitrogens with zero attached hydrogens (tertiary/aromatic N) is 2. The first-order chi connectivity index (χ1) is 8.58. The predicted octanol–water partition coefficient (Wildman–Crippen LogP) is 3.19. The second-order valence-electron chi connectivity index (χ2n) is 3.97. The molecule has 1 aromatic rings. The van der Waals surface area contributed by atoms with Crippen molar-refractivity contribution >= 4 is 35.5 Å². The highest BCUT2D eigenvalue weighted by Crippen LogP contribution is 2.20. The van der Waals surface area contributed by atoms with Gasteiger partial charge in [0.25, 0.3) is 0 Å². The van der Waals surface area contributed by atoms with Crippen LogP contribution in [0, 0.1) is 6.92 Å². The first-order valence-corrected chi connectivity index (χ1v) is 7.45. The van der Waals surface area contributed by atoms with Crippen molar-refractivity contribution in [1.29, 1.82) is 0 Å². The molecule has 1 heterocycles. The molecule has 1 atom stereocenters. The molecule has 1 aromatic heterocycles. The summed E-state index contributed by atoms with van der Waals surface area (Å²) < 4.78 is 0. The van der Waals surface area contributed by atoms with E-state index in [1.165, 1.54) is 0 Å². The van der Waals surface area contributed by atoms with Crippen LogP contribution < -0.4 is 5.32 Å². The summed E-state index contributed by atoms with van der Waals surface area (Å²) in [6.45, 7) is 5.96. The van der Waals surface area contributed by atoms with E-state index < -0.39 is 0 Å². The van der Waals surface area contributed by atoms with E-state index in [-0.39, 0.29) is 11.2 Å². The fraction of sp³-hybridized carbons (Fsp3) is 0.583. The molecule has 0 amide bonds. The van der Waals surface area contributed by atoms with Crippen molar-refractivity contribution in [3.05, 3.63) is 16.5 Å². The quantitative estimate of drug-likeness (QED) is 0.474. The highest BCUT2D eigenvalue weighted by atomic mass is 35.5. The van der Waals surface area contributed by atoms with Crippen molar-refractivity contribution in [1.82, 2.24) is 9.97 Å². The number of thioether (sulfide) groups is 1. The number of rotatable bonds is 7. The Balaban J connectivity index is 2.73. The van der Waals surface area contributed by atoms with Crippen molar-refractivity contribution in [2.45, 2.75) is 33.2 Å². The van der Waals surface area contributed by atoms with Gasteiger partial charge in [0, 0.05) is 6.04 Å². The Hall–Kier alpha value is -0.810. The van der Waals surface area contributed by atoms with E-state index in [1.54, 1.807) is 6.92 Å². The minimum absolute atomic E-state index is 0.204. The van der Waals surface area contributed by atoms with Gasteiger partial charge in [-0.25, -0.2) is 9.97 Å². The Morgan fingerprint density at radius 1 is 1.50 bits per heavy atom. The van der Waals surface area contributed by atoms with E-state index >= 15 is 0 Å². The normalized spacial score (nSPS) is 12.2. The van der Waals surface area contributed by atoms with Gasteiger partial charge in [-0.3, -0.25) is 4.79 Å². The van der Waals surface area contributed by atoms with Gasteiger partial charge in [-0.2, -0.15) is 11.8 Å². The van der Waals surface area contributed by atoms with Crippen LogP contribution in [0.25, 0.3) is 0 Å². The van der Waals surface area contributed by atoms with Crippen LogP contribution in [-0.2, 0) is 0 Å². The van der Waals surface area contributed by atoms with Gasteiger partial charge < -0.3 is 5.32 Å². The summed E-state index contributed by atoms with van der Waals surface area (Å²) >= 11 is 7.81. The number of carbonyl (C=O) groups excluding carboxylic acids is 1. The molecule has 0 spiro atoms. The first kappa shape index (κ1) is 15.2. The SMILES string of the molecule is CCSCCC(C)Nc1nc(C)nc(Cl)c1C=O. The van der Waals surface area contributed by atoms with Gasteiger partial charge in [-0.05, 0) is 31.8 Å². The first-order valence-electron chi connectivity index (χ1n) is 5.92. The second kappa shape index (κ2) is 7.59. The molecule has 1 unspecified atom stereocenters. The molecule has 1 N–H and O–H groups in total. The molecule has 0 aliphatic heterocycles. The van der Waals surface area contributed by atoms with Crippen molar-refractivity contribution in [3.8, 4) is 0 Å². The third-order valence-corrected chi connectivity index (χ3v) is 3.63. The Bertz CT molecular complexity index is 415. The minimum atomic E-state index is 0.204. The van der Waals surface area contributed by atoms with Crippen molar-refractivity contribution in [2.24, 2.45) is 0 Å². The molecule has 0 saturated carbocycles. The molecule has 4 nitrogen and oxygen atoms in total. The van der Waals surface area contributed by atoms with Gasteiger partial charge >= 0.3 is 0 Å². The average molecular weight is 288 g/mol. The highest BCUT2D eigenvalue weighted by Gasteiger charge is 2.12. The van der Waals surface area contributed by atoms with Crippen molar-refractivity contribution in [3.63, 3.8) is 0 Å². The third kappa shape index (κ3) is 4.46. The van der Waals surface area contributed by atoms with E-state index in [4.69, 9.17) is 11.6 Å². The summed E-state index contributed by atoms with van der Waals surface area (Å²) in [7, 11) is 0. The smallest absolute Gasteiger partial charge is 0.156 e. The summed E-state index contributed by atoms with van der Waals surface area (Å²) in [5.74, 6) is 3.28. The Kier molecular flexibility index (Phi) is 6.43. The Labute approximate surface area is 117 Å². The fourth-order valence-corrected chi connectivity index (χ4v) is 2.54. The molecule has 1 rings (SSSR count). The molecule has 6 heteroatoms. The maximum absolute atomic E-state index is 11.0. The lowest BCUT2D eigenvalue weighted by Crippen LogP contribution is -2.19. The van der Waals surface area contributed by atoms with Crippen LogP contribution >= 0.6 is 23.4 Å². The molecule has 18 heavy (non-hydrogen) atoms. The van der Waals surface area contributed by atoms with Crippen LogP contribution in [0.2, 0.25) is 5.15 Å². The lowest BCUT2D eigenvalue weighted by atomic mass is 10.2. The third-order valence-electron chi connectivity index (χ3n) is 2.41. The number of nitrogens with one attached hydrogen (secondary N) is 1. The van der Waals surface area contributed by atoms with Crippen LogP contribution in [0.5, 0.6) is 0 Å². The summed E-state index contributed by atoms with van der Waals surface area (Å²) in [5.41, 5.74) is 0.331. The van der Waals surface area contributed by atoms with Gasteiger partial charge in [0.2, 0.25) is 0 Å².